The molecule has 0 atom stereocenters. The lowest BCUT2D eigenvalue weighted by Gasteiger charge is -2.42. The SMILES string of the molecule is C=CCCCC1=CCC(C(CCCC)(CCCC)c2c(C(C)(C)C)ccc3c2Cc2cc(C(C)(C)C)ccc2-3)=C1. The number of unbranched alkanes of at least 4 members (excludes halogenated alkanes) is 3. The molecule has 0 saturated heterocycles. The van der Waals surface area contributed by atoms with Gasteiger partial charge in [0.25, 0.3) is 0 Å². The van der Waals surface area contributed by atoms with Crippen LogP contribution in [-0.2, 0) is 22.7 Å². The molecule has 2 aliphatic carbocycles. The van der Waals surface area contributed by atoms with Crippen LogP contribution in [0.25, 0.3) is 11.1 Å². The predicted octanol–water partition coefficient (Wildman–Crippen LogP) is 12.1. The van der Waals surface area contributed by atoms with Gasteiger partial charge in [0.2, 0.25) is 0 Å². The molecular weight excluding hydrogens is 480 g/mol. The molecule has 0 saturated carbocycles. The van der Waals surface area contributed by atoms with Gasteiger partial charge in [0, 0.05) is 5.41 Å². The maximum Gasteiger partial charge on any atom is 0.0174 e. The molecule has 0 aromatic heterocycles. The van der Waals surface area contributed by atoms with Crippen molar-refractivity contribution in [3.63, 3.8) is 0 Å². The van der Waals surface area contributed by atoms with Crippen LogP contribution in [0.2, 0.25) is 0 Å². The van der Waals surface area contributed by atoms with Crippen LogP contribution in [0.1, 0.15) is 147 Å². The summed E-state index contributed by atoms with van der Waals surface area (Å²) in [6, 6.07) is 12.3. The van der Waals surface area contributed by atoms with E-state index in [0.29, 0.717) is 0 Å². The monoisotopic (exact) mass is 536 g/mol. The van der Waals surface area contributed by atoms with Crippen molar-refractivity contribution in [1.82, 2.24) is 0 Å². The van der Waals surface area contributed by atoms with Crippen molar-refractivity contribution < 1.29 is 0 Å². The van der Waals surface area contributed by atoms with Gasteiger partial charge in [0.1, 0.15) is 0 Å². The van der Waals surface area contributed by atoms with Crippen molar-refractivity contribution >= 4 is 0 Å². The molecule has 40 heavy (non-hydrogen) atoms. The normalized spacial score (nSPS) is 15.1. The maximum absolute atomic E-state index is 3.95. The van der Waals surface area contributed by atoms with Gasteiger partial charge in [-0.05, 0) is 94.7 Å². The van der Waals surface area contributed by atoms with Crippen LogP contribution >= 0.6 is 0 Å². The van der Waals surface area contributed by atoms with Crippen molar-refractivity contribution in [2.75, 3.05) is 0 Å². The Morgan fingerprint density at radius 3 is 2.10 bits per heavy atom. The third-order valence-corrected chi connectivity index (χ3v) is 9.57. The topological polar surface area (TPSA) is 0 Å². The predicted molar refractivity (Wildman–Crippen MR) is 178 cm³/mol. The first-order chi connectivity index (χ1) is 19.0. The molecule has 0 nitrogen and oxygen atoms in total. The largest absolute Gasteiger partial charge is 0.103 e. The fourth-order valence-corrected chi connectivity index (χ4v) is 7.27. The van der Waals surface area contributed by atoms with Gasteiger partial charge >= 0.3 is 0 Å². The zero-order valence-electron chi connectivity index (χ0n) is 27.1. The van der Waals surface area contributed by atoms with Gasteiger partial charge in [-0.15, -0.1) is 6.58 Å². The highest BCUT2D eigenvalue weighted by Crippen LogP contribution is 2.54. The quantitative estimate of drug-likeness (QED) is 0.159. The van der Waals surface area contributed by atoms with Gasteiger partial charge in [-0.25, -0.2) is 0 Å². The molecule has 0 amide bonds. The van der Waals surface area contributed by atoms with E-state index in [1.807, 2.05) is 0 Å². The molecule has 4 rings (SSSR count). The molecule has 0 radical (unpaired) electrons. The van der Waals surface area contributed by atoms with Crippen molar-refractivity contribution in [2.24, 2.45) is 0 Å². The summed E-state index contributed by atoms with van der Waals surface area (Å²) in [7, 11) is 0. The molecule has 0 spiro atoms. The van der Waals surface area contributed by atoms with Gasteiger partial charge in [-0.3, -0.25) is 0 Å². The molecule has 0 N–H and O–H groups in total. The second-order valence-electron chi connectivity index (χ2n) is 14.7. The Balaban J connectivity index is 1.94. The first-order valence-electron chi connectivity index (χ1n) is 16.3. The third kappa shape index (κ3) is 6.12. The molecule has 0 unspecified atom stereocenters. The Kier molecular flexibility index (Phi) is 9.38. The Morgan fingerprint density at radius 2 is 1.50 bits per heavy atom. The van der Waals surface area contributed by atoms with E-state index in [0.717, 1.165) is 19.3 Å². The number of allylic oxidation sites excluding steroid dienone is 5. The van der Waals surface area contributed by atoms with Crippen LogP contribution in [0.5, 0.6) is 0 Å². The lowest BCUT2D eigenvalue weighted by atomic mass is 9.61. The summed E-state index contributed by atoms with van der Waals surface area (Å²) in [6.07, 6.45) is 20.5. The smallest absolute Gasteiger partial charge is 0.0174 e. The Bertz CT molecular complexity index is 1260. The highest BCUT2D eigenvalue weighted by molar-refractivity contribution is 5.80. The van der Waals surface area contributed by atoms with Gasteiger partial charge in [-0.1, -0.05) is 141 Å². The molecule has 0 heteroatoms. The summed E-state index contributed by atoms with van der Waals surface area (Å²) in [4.78, 5) is 0. The second kappa shape index (κ2) is 12.3. The zero-order chi connectivity index (χ0) is 29.1. The minimum absolute atomic E-state index is 0.0960. The van der Waals surface area contributed by atoms with Gasteiger partial charge in [0.15, 0.2) is 0 Å². The summed E-state index contributed by atoms with van der Waals surface area (Å²) in [6.45, 7) is 23.0. The second-order valence-corrected chi connectivity index (χ2v) is 14.7. The molecule has 0 fully saturated rings. The Labute approximate surface area is 247 Å². The standard InChI is InChI=1S/C40H56/c1-10-13-16-17-29-18-19-32(26-29)40(24-14-11-2,25-15-12-3)37-35-28-30-27-31(38(4,5)6)20-21-33(30)34(35)22-23-36(37)39(7,8)9/h10,18,20-23,26-27H,1,11-17,19,24-25,28H2,2-9H3. The highest BCUT2D eigenvalue weighted by atomic mass is 14.5. The first-order valence-corrected chi connectivity index (χ1v) is 16.3. The van der Waals surface area contributed by atoms with E-state index < -0.39 is 0 Å². The van der Waals surface area contributed by atoms with E-state index >= 15 is 0 Å². The minimum Gasteiger partial charge on any atom is -0.103 e. The zero-order valence-corrected chi connectivity index (χ0v) is 27.1. The highest BCUT2D eigenvalue weighted by Gasteiger charge is 2.42. The summed E-state index contributed by atoms with van der Waals surface area (Å²) in [5.41, 5.74) is 14.4. The Morgan fingerprint density at radius 1 is 0.825 bits per heavy atom. The van der Waals surface area contributed by atoms with E-state index in [2.05, 4.69) is 111 Å². The lowest BCUT2D eigenvalue weighted by molar-refractivity contribution is 0.382. The van der Waals surface area contributed by atoms with Crippen LogP contribution < -0.4 is 0 Å². The molecule has 0 bridgehead atoms. The molecule has 2 aromatic carbocycles. The first kappa shape index (κ1) is 30.6. The molecule has 2 aromatic rings. The fourth-order valence-electron chi connectivity index (χ4n) is 7.27. The third-order valence-electron chi connectivity index (χ3n) is 9.57. The van der Waals surface area contributed by atoms with Gasteiger partial charge < -0.3 is 0 Å². The van der Waals surface area contributed by atoms with E-state index in [4.69, 9.17) is 0 Å². The molecule has 2 aliphatic rings. The van der Waals surface area contributed by atoms with Crippen molar-refractivity contribution in [3.8, 4) is 11.1 Å². The molecule has 216 valence electrons. The maximum atomic E-state index is 3.95. The van der Waals surface area contributed by atoms with E-state index in [-0.39, 0.29) is 16.2 Å². The summed E-state index contributed by atoms with van der Waals surface area (Å²) < 4.78 is 0. The molecular formula is C40H56. The van der Waals surface area contributed by atoms with Crippen molar-refractivity contribution in [2.45, 2.75) is 142 Å². The van der Waals surface area contributed by atoms with Gasteiger partial charge in [-0.2, -0.15) is 0 Å². The van der Waals surface area contributed by atoms with Crippen LogP contribution in [0.15, 0.2) is 66.3 Å². The summed E-state index contributed by atoms with van der Waals surface area (Å²) in [5, 5.41) is 0. The number of hydrogen-bond acceptors (Lipinski definition) is 0. The van der Waals surface area contributed by atoms with Crippen LogP contribution in [0.3, 0.4) is 0 Å². The van der Waals surface area contributed by atoms with Gasteiger partial charge in [0.05, 0.1) is 0 Å². The lowest BCUT2D eigenvalue weighted by Crippen LogP contribution is -2.34. The average Bonchev–Trinajstić information content (AvgIpc) is 3.52. The minimum atomic E-state index is 0.0960. The number of rotatable bonds is 12. The fraction of sp³-hybridized carbons (Fsp3) is 0.550. The van der Waals surface area contributed by atoms with E-state index in [1.165, 1.54) is 73.6 Å². The Hall–Kier alpha value is -2.34. The van der Waals surface area contributed by atoms with Crippen LogP contribution in [0.4, 0.5) is 0 Å². The van der Waals surface area contributed by atoms with E-state index in [1.54, 1.807) is 27.8 Å². The number of hydrogen-bond donors (Lipinski definition) is 0. The summed E-state index contributed by atoms with van der Waals surface area (Å²) >= 11 is 0. The van der Waals surface area contributed by atoms with Crippen molar-refractivity contribution in [1.29, 1.82) is 0 Å². The van der Waals surface area contributed by atoms with E-state index in [9.17, 15) is 0 Å². The number of benzene rings is 2. The molecule has 0 aliphatic heterocycles. The molecule has 0 heterocycles. The average molecular weight is 537 g/mol. The van der Waals surface area contributed by atoms with Crippen molar-refractivity contribution in [3.05, 3.63) is 94.1 Å². The summed E-state index contributed by atoms with van der Waals surface area (Å²) in [5.74, 6) is 0. The van der Waals surface area contributed by atoms with Crippen LogP contribution in [-0.4, -0.2) is 0 Å². The van der Waals surface area contributed by atoms with Crippen LogP contribution in [0, 0.1) is 0 Å². The number of fused-ring (bicyclic) bond motifs is 3.